The Balaban J connectivity index is 2.07. The van der Waals surface area contributed by atoms with Gasteiger partial charge in [0.15, 0.2) is 0 Å². The summed E-state index contributed by atoms with van der Waals surface area (Å²) in [6.45, 7) is 2.96. The molecule has 1 N–H and O–H groups in total. The zero-order valence-corrected chi connectivity index (χ0v) is 10.1. The van der Waals surface area contributed by atoms with E-state index in [2.05, 4.69) is 11.8 Å². The van der Waals surface area contributed by atoms with Gasteiger partial charge in [-0.2, -0.15) is 0 Å². The fraction of sp³-hybridized carbons (Fsp3) is 0.462. The molecule has 1 aromatic carbocycles. The molecule has 0 aromatic heterocycles. The molecule has 17 heavy (non-hydrogen) atoms. The molecule has 2 rings (SSSR count). The summed E-state index contributed by atoms with van der Waals surface area (Å²) in [5.41, 5.74) is 1.09. The van der Waals surface area contributed by atoms with E-state index in [4.69, 9.17) is 4.74 Å². The first-order valence-electron chi connectivity index (χ1n) is 5.76. The molecule has 2 unspecified atom stereocenters. The van der Waals surface area contributed by atoms with E-state index in [0.717, 1.165) is 18.5 Å². The van der Waals surface area contributed by atoms with Crippen molar-refractivity contribution in [1.82, 2.24) is 4.90 Å². The summed E-state index contributed by atoms with van der Waals surface area (Å²) >= 11 is 0. The van der Waals surface area contributed by atoms with Crippen LogP contribution in [0.2, 0.25) is 0 Å². The van der Waals surface area contributed by atoms with Crippen LogP contribution in [0.1, 0.15) is 24.9 Å². The Morgan fingerprint density at radius 3 is 2.59 bits per heavy atom. The molecule has 4 nitrogen and oxygen atoms in total. The first kappa shape index (κ1) is 11.9. The second-order valence-corrected chi connectivity index (χ2v) is 4.33. The molecule has 0 spiro atoms. The number of phenols is 1. The second kappa shape index (κ2) is 4.75. The van der Waals surface area contributed by atoms with Gasteiger partial charge in [0.05, 0.1) is 7.11 Å². The molecule has 1 saturated heterocycles. The zero-order chi connectivity index (χ0) is 12.4. The lowest BCUT2D eigenvalue weighted by Gasteiger charge is -2.43. The quantitative estimate of drug-likeness (QED) is 0.810. The van der Waals surface area contributed by atoms with Crippen LogP contribution in [0.3, 0.4) is 0 Å². The largest absolute Gasteiger partial charge is 0.508 e. The van der Waals surface area contributed by atoms with E-state index in [1.165, 1.54) is 7.11 Å². The predicted molar refractivity (Wildman–Crippen MR) is 63.6 cm³/mol. The van der Waals surface area contributed by atoms with Crippen molar-refractivity contribution in [2.24, 2.45) is 0 Å². The smallest absolute Gasteiger partial charge is 0.323 e. The zero-order valence-electron chi connectivity index (χ0n) is 10.1. The van der Waals surface area contributed by atoms with E-state index >= 15 is 0 Å². The predicted octanol–water partition coefficient (Wildman–Crippen LogP) is 1.70. The number of likely N-dealkylation sites (tertiary alicyclic amines) is 1. The number of aromatic hydroxyl groups is 1. The minimum absolute atomic E-state index is 0.121. The van der Waals surface area contributed by atoms with Crippen LogP contribution in [0, 0.1) is 0 Å². The maximum absolute atomic E-state index is 11.5. The van der Waals surface area contributed by atoms with Gasteiger partial charge in [-0.3, -0.25) is 9.69 Å². The third kappa shape index (κ3) is 2.26. The molecule has 0 aliphatic carbocycles. The van der Waals surface area contributed by atoms with Gasteiger partial charge in [-0.1, -0.05) is 12.1 Å². The van der Waals surface area contributed by atoms with E-state index in [0.29, 0.717) is 0 Å². The molecular weight excluding hydrogens is 218 g/mol. The number of carbonyl (C=O) groups excluding carboxylic acids is 1. The fourth-order valence-corrected chi connectivity index (χ4v) is 2.20. The summed E-state index contributed by atoms with van der Waals surface area (Å²) in [6.07, 6.45) is 0.856. The molecule has 1 aliphatic heterocycles. The molecule has 1 aromatic rings. The number of hydrogen-bond acceptors (Lipinski definition) is 4. The first-order chi connectivity index (χ1) is 8.13. The average molecular weight is 235 g/mol. The first-order valence-corrected chi connectivity index (χ1v) is 5.76. The Kier molecular flexibility index (Phi) is 3.33. The lowest BCUT2D eigenvalue weighted by Crippen LogP contribution is -2.53. The summed E-state index contributed by atoms with van der Waals surface area (Å²) in [4.78, 5) is 13.6. The lowest BCUT2D eigenvalue weighted by atomic mass is 9.96. The normalized spacial score (nSPS) is 21.6. The van der Waals surface area contributed by atoms with Crippen molar-refractivity contribution >= 4 is 5.97 Å². The minimum Gasteiger partial charge on any atom is -0.508 e. The van der Waals surface area contributed by atoms with Gasteiger partial charge in [-0.05, 0) is 31.0 Å². The monoisotopic (exact) mass is 235 g/mol. The van der Waals surface area contributed by atoms with Gasteiger partial charge in [-0.15, -0.1) is 0 Å². The highest BCUT2D eigenvalue weighted by atomic mass is 16.5. The number of benzene rings is 1. The summed E-state index contributed by atoms with van der Waals surface area (Å²) < 4.78 is 4.77. The van der Waals surface area contributed by atoms with Crippen molar-refractivity contribution in [1.29, 1.82) is 0 Å². The second-order valence-electron chi connectivity index (χ2n) is 4.33. The molecule has 4 heteroatoms. The third-order valence-electron chi connectivity index (χ3n) is 3.41. The Bertz CT molecular complexity index is 402. The Hall–Kier alpha value is -1.55. The van der Waals surface area contributed by atoms with Crippen LogP contribution in [-0.2, 0) is 9.53 Å². The summed E-state index contributed by atoms with van der Waals surface area (Å²) in [6, 6.07) is 7.13. The Morgan fingerprint density at radius 1 is 1.47 bits per heavy atom. The van der Waals surface area contributed by atoms with Crippen LogP contribution in [0.4, 0.5) is 0 Å². The molecule has 0 saturated carbocycles. The molecule has 2 atom stereocenters. The number of carbonyl (C=O) groups is 1. The number of phenolic OH excluding ortho intramolecular Hbond substituents is 1. The van der Waals surface area contributed by atoms with Crippen LogP contribution >= 0.6 is 0 Å². The van der Waals surface area contributed by atoms with Crippen molar-refractivity contribution in [3.8, 4) is 5.75 Å². The number of nitrogens with zero attached hydrogens (tertiary/aromatic N) is 1. The molecule has 0 radical (unpaired) electrons. The van der Waals surface area contributed by atoms with Gasteiger partial charge in [0, 0.05) is 12.6 Å². The van der Waals surface area contributed by atoms with Crippen molar-refractivity contribution in [2.75, 3.05) is 13.7 Å². The van der Waals surface area contributed by atoms with Gasteiger partial charge in [0.25, 0.3) is 0 Å². The lowest BCUT2D eigenvalue weighted by molar-refractivity contribution is -0.153. The third-order valence-corrected chi connectivity index (χ3v) is 3.41. The van der Waals surface area contributed by atoms with E-state index in [1.807, 2.05) is 12.1 Å². The molecule has 1 aliphatic rings. The van der Waals surface area contributed by atoms with Crippen molar-refractivity contribution < 1.29 is 14.6 Å². The highest BCUT2D eigenvalue weighted by Crippen LogP contribution is 2.31. The van der Waals surface area contributed by atoms with Crippen LogP contribution in [0.25, 0.3) is 0 Å². The summed E-state index contributed by atoms with van der Waals surface area (Å²) in [5.74, 6) is 0.0935. The van der Waals surface area contributed by atoms with Crippen LogP contribution in [-0.4, -0.2) is 35.7 Å². The maximum atomic E-state index is 11.5. The van der Waals surface area contributed by atoms with E-state index in [-0.39, 0.29) is 23.8 Å². The van der Waals surface area contributed by atoms with Gasteiger partial charge < -0.3 is 9.84 Å². The van der Waals surface area contributed by atoms with Gasteiger partial charge in [0.1, 0.15) is 11.8 Å². The summed E-state index contributed by atoms with van der Waals surface area (Å²) in [7, 11) is 1.42. The van der Waals surface area contributed by atoms with Crippen molar-refractivity contribution in [3.05, 3.63) is 29.8 Å². The number of hydrogen-bond donors (Lipinski definition) is 1. The van der Waals surface area contributed by atoms with Crippen molar-refractivity contribution in [3.63, 3.8) is 0 Å². The highest BCUT2D eigenvalue weighted by Gasteiger charge is 2.38. The summed E-state index contributed by atoms with van der Waals surface area (Å²) in [5, 5.41) is 9.24. The number of esters is 1. The maximum Gasteiger partial charge on any atom is 0.323 e. The van der Waals surface area contributed by atoms with Crippen LogP contribution in [0.15, 0.2) is 24.3 Å². The minimum atomic E-state index is -0.165. The molecule has 1 fully saturated rings. The molecule has 0 amide bonds. The topological polar surface area (TPSA) is 49.8 Å². The van der Waals surface area contributed by atoms with Crippen molar-refractivity contribution in [2.45, 2.75) is 25.4 Å². The number of rotatable bonds is 3. The van der Waals surface area contributed by atoms with Crippen LogP contribution in [0.5, 0.6) is 5.75 Å². The average Bonchev–Trinajstić information content (AvgIpc) is 2.28. The number of methoxy groups -OCH3 is 1. The molecule has 1 heterocycles. The van der Waals surface area contributed by atoms with Gasteiger partial charge in [-0.25, -0.2) is 0 Å². The van der Waals surface area contributed by atoms with E-state index < -0.39 is 0 Å². The highest BCUT2D eigenvalue weighted by molar-refractivity contribution is 5.76. The molecule has 92 valence electrons. The molecular formula is C13H17NO3. The van der Waals surface area contributed by atoms with Gasteiger partial charge in [0.2, 0.25) is 0 Å². The SMILES string of the molecule is COC(=O)C1CCN1C(C)c1ccc(O)cc1. The van der Waals surface area contributed by atoms with E-state index in [9.17, 15) is 9.90 Å². The Labute approximate surface area is 101 Å². The molecule has 0 bridgehead atoms. The Morgan fingerprint density at radius 2 is 2.12 bits per heavy atom. The fourth-order valence-electron chi connectivity index (χ4n) is 2.20. The van der Waals surface area contributed by atoms with E-state index in [1.54, 1.807) is 12.1 Å². The standard InChI is InChI=1S/C13H17NO3/c1-9(10-3-5-11(15)6-4-10)14-8-7-12(14)13(16)17-2/h3-6,9,12,15H,7-8H2,1-2H3. The number of ether oxygens (including phenoxy) is 1. The van der Waals surface area contributed by atoms with Gasteiger partial charge >= 0.3 is 5.97 Å². The van der Waals surface area contributed by atoms with Crippen LogP contribution < -0.4 is 0 Å².